The van der Waals surface area contributed by atoms with Gasteiger partial charge in [-0.25, -0.2) is 0 Å². The fourth-order valence-corrected chi connectivity index (χ4v) is 2.39. The van der Waals surface area contributed by atoms with E-state index in [-0.39, 0.29) is 0 Å². The van der Waals surface area contributed by atoms with E-state index in [0.717, 1.165) is 31.6 Å². The summed E-state index contributed by atoms with van der Waals surface area (Å²) in [6.07, 6.45) is 3.19. The molecular formula is C15H19N3O2. The highest BCUT2D eigenvalue weighted by Gasteiger charge is 2.34. The second kappa shape index (κ2) is 5.63. The summed E-state index contributed by atoms with van der Waals surface area (Å²) in [7, 11) is 0. The van der Waals surface area contributed by atoms with Gasteiger partial charge in [-0.2, -0.15) is 4.98 Å². The normalized spacial score (nSPS) is 22.6. The number of hydrogen-bond donors (Lipinski definition) is 1. The van der Waals surface area contributed by atoms with Crippen molar-refractivity contribution in [3.63, 3.8) is 0 Å². The molecule has 5 heteroatoms. The molecule has 0 aliphatic carbocycles. The average molecular weight is 273 g/mol. The SMILES string of the molecule is CC1(c2noc(CNc3ccccc3)n2)CCCCO1. The Morgan fingerprint density at radius 2 is 2.10 bits per heavy atom. The maximum atomic E-state index is 5.82. The van der Waals surface area contributed by atoms with Crippen molar-refractivity contribution in [3.05, 3.63) is 42.0 Å². The molecule has 0 spiro atoms. The second-order valence-electron chi connectivity index (χ2n) is 5.27. The summed E-state index contributed by atoms with van der Waals surface area (Å²) < 4.78 is 11.1. The Bertz CT molecular complexity index is 547. The Morgan fingerprint density at radius 1 is 1.25 bits per heavy atom. The number of aromatic nitrogens is 2. The number of ether oxygens (including phenoxy) is 1. The number of rotatable bonds is 4. The Morgan fingerprint density at radius 3 is 2.85 bits per heavy atom. The van der Waals surface area contributed by atoms with Crippen molar-refractivity contribution < 1.29 is 9.26 Å². The molecule has 0 saturated carbocycles. The molecule has 5 nitrogen and oxygen atoms in total. The van der Waals surface area contributed by atoms with Crippen molar-refractivity contribution in [2.24, 2.45) is 0 Å². The van der Waals surface area contributed by atoms with E-state index in [2.05, 4.69) is 15.5 Å². The molecule has 106 valence electrons. The molecule has 1 unspecified atom stereocenters. The summed E-state index contributed by atoms with van der Waals surface area (Å²) in [5.41, 5.74) is 0.639. The van der Waals surface area contributed by atoms with Crippen LogP contribution in [-0.4, -0.2) is 16.7 Å². The minimum Gasteiger partial charge on any atom is -0.376 e. The lowest BCUT2D eigenvalue weighted by molar-refractivity contribution is -0.0770. The lowest BCUT2D eigenvalue weighted by Gasteiger charge is -2.30. The minimum atomic E-state index is -0.396. The molecule has 0 radical (unpaired) electrons. The van der Waals surface area contributed by atoms with Crippen LogP contribution in [0.4, 0.5) is 5.69 Å². The molecule has 1 aliphatic rings. The molecule has 1 atom stereocenters. The van der Waals surface area contributed by atoms with E-state index in [1.165, 1.54) is 0 Å². The van der Waals surface area contributed by atoms with Crippen molar-refractivity contribution in [3.8, 4) is 0 Å². The maximum Gasteiger partial charge on any atom is 0.246 e. The zero-order chi connectivity index (χ0) is 13.8. The number of benzene rings is 1. The molecule has 2 heterocycles. The van der Waals surface area contributed by atoms with Crippen molar-refractivity contribution in [2.45, 2.75) is 38.3 Å². The second-order valence-corrected chi connectivity index (χ2v) is 5.27. The van der Waals surface area contributed by atoms with Crippen LogP contribution in [-0.2, 0) is 16.9 Å². The highest BCUT2D eigenvalue weighted by molar-refractivity contribution is 5.42. The first-order valence-electron chi connectivity index (χ1n) is 7.02. The van der Waals surface area contributed by atoms with E-state index >= 15 is 0 Å². The average Bonchev–Trinajstić information content (AvgIpc) is 2.97. The van der Waals surface area contributed by atoms with Gasteiger partial charge in [-0.05, 0) is 38.3 Å². The van der Waals surface area contributed by atoms with E-state index in [1.807, 2.05) is 37.3 Å². The van der Waals surface area contributed by atoms with Gasteiger partial charge in [0.05, 0.1) is 6.54 Å². The van der Waals surface area contributed by atoms with Crippen LogP contribution in [0.5, 0.6) is 0 Å². The van der Waals surface area contributed by atoms with Crippen LogP contribution in [0.25, 0.3) is 0 Å². The van der Waals surface area contributed by atoms with Gasteiger partial charge in [-0.15, -0.1) is 0 Å². The summed E-state index contributed by atoms with van der Waals surface area (Å²) >= 11 is 0. The molecule has 1 N–H and O–H groups in total. The monoisotopic (exact) mass is 273 g/mol. The quantitative estimate of drug-likeness (QED) is 0.927. The van der Waals surface area contributed by atoms with Gasteiger partial charge >= 0.3 is 0 Å². The highest BCUT2D eigenvalue weighted by Crippen LogP contribution is 2.32. The Balaban J connectivity index is 1.65. The van der Waals surface area contributed by atoms with E-state index in [0.29, 0.717) is 18.3 Å². The smallest absolute Gasteiger partial charge is 0.246 e. The van der Waals surface area contributed by atoms with Crippen molar-refractivity contribution >= 4 is 5.69 Å². The molecule has 3 rings (SSSR count). The third-order valence-electron chi connectivity index (χ3n) is 3.63. The summed E-state index contributed by atoms with van der Waals surface area (Å²) in [6.45, 7) is 3.32. The first-order chi connectivity index (χ1) is 9.76. The zero-order valence-electron chi connectivity index (χ0n) is 11.6. The van der Waals surface area contributed by atoms with Crippen LogP contribution in [0.2, 0.25) is 0 Å². The van der Waals surface area contributed by atoms with Crippen molar-refractivity contribution in [1.82, 2.24) is 10.1 Å². The van der Waals surface area contributed by atoms with Gasteiger partial charge in [-0.1, -0.05) is 23.4 Å². The first-order valence-corrected chi connectivity index (χ1v) is 7.02. The van der Waals surface area contributed by atoms with Gasteiger partial charge in [0.25, 0.3) is 0 Å². The van der Waals surface area contributed by atoms with Crippen LogP contribution < -0.4 is 5.32 Å². The summed E-state index contributed by atoms with van der Waals surface area (Å²) in [4.78, 5) is 4.46. The third kappa shape index (κ3) is 2.82. The van der Waals surface area contributed by atoms with Crippen molar-refractivity contribution in [2.75, 3.05) is 11.9 Å². The number of nitrogens with zero attached hydrogens (tertiary/aromatic N) is 2. The fraction of sp³-hybridized carbons (Fsp3) is 0.467. The predicted molar refractivity (Wildman–Crippen MR) is 75.2 cm³/mol. The Labute approximate surface area is 118 Å². The molecule has 1 aromatic heterocycles. The number of hydrogen-bond acceptors (Lipinski definition) is 5. The summed E-state index contributed by atoms with van der Waals surface area (Å²) in [6, 6.07) is 9.96. The van der Waals surface area contributed by atoms with Gasteiger partial charge in [-0.3, -0.25) is 0 Å². The van der Waals surface area contributed by atoms with Crippen LogP contribution in [0.1, 0.15) is 37.9 Å². The molecule has 20 heavy (non-hydrogen) atoms. The molecule has 1 aromatic carbocycles. The summed E-state index contributed by atoms with van der Waals surface area (Å²) in [5, 5.41) is 7.33. The standard InChI is InChI=1S/C15H19N3O2/c1-15(9-5-6-10-19-15)14-17-13(20-18-14)11-16-12-7-3-2-4-8-12/h2-4,7-8,16H,5-6,9-11H2,1H3. The highest BCUT2D eigenvalue weighted by atomic mass is 16.5. The zero-order valence-corrected chi connectivity index (χ0v) is 11.6. The fourth-order valence-electron chi connectivity index (χ4n) is 2.39. The van der Waals surface area contributed by atoms with Gasteiger partial charge in [0.2, 0.25) is 11.7 Å². The van der Waals surface area contributed by atoms with Crippen LogP contribution in [0, 0.1) is 0 Å². The van der Waals surface area contributed by atoms with Gasteiger partial charge in [0, 0.05) is 12.3 Å². The Hall–Kier alpha value is -1.88. The minimum absolute atomic E-state index is 0.396. The topological polar surface area (TPSA) is 60.2 Å². The molecule has 1 fully saturated rings. The van der Waals surface area contributed by atoms with Gasteiger partial charge in [0.1, 0.15) is 5.60 Å². The predicted octanol–water partition coefficient (Wildman–Crippen LogP) is 3.10. The van der Waals surface area contributed by atoms with E-state index in [4.69, 9.17) is 9.26 Å². The van der Waals surface area contributed by atoms with Crippen LogP contribution in [0.3, 0.4) is 0 Å². The molecule has 2 aromatic rings. The lowest BCUT2D eigenvalue weighted by Crippen LogP contribution is -2.31. The third-order valence-corrected chi connectivity index (χ3v) is 3.63. The number of anilines is 1. The largest absolute Gasteiger partial charge is 0.376 e. The number of para-hydroxylation sites is 1. The van der Waals surface area contributed by atoms with Crippen molar-refractivity contribution in [1.29, 1.82) is 0 Å². The lowest BCUT2D eigenvalue weighted by atomic mass is 9.95. The summed E-state index contributed by atoms with van der Waals surface area (Å²) in [5.74, 6) is 1.24. The van der Waals surface area contributed by atoms with Crippen LogP contribution >= 0.6 is 0 Å². The van der Waals surface area contributed by atoms with E-state index in [9.17, 15) is 0 Å². The molecule has 1 aliphatic heterocycles. The van der Waals surface area contributed by atoms with Gasteiger partial charge < -0.3 is 14.6 Å². The molecule has 1 saturated heterocycles. The molecule has 0 amide bonds. The first kappa shape index (κ1) is 13.1. The number of nitrogens with one attached hydrogen (secondary N) is 1. The maximum absolute atomic E-state index is 5.82. The Kier molecular flexibility index (Phi) is 3.69. The van der Waals surface area contributed by atoms with Crippen LogP contribution in [0.15, 0.2) is 34.9 Å². The molecule has 0 bridgehead atoms. The van der Waals surface area contributed by atoms with Gasteiger partial charge in [0.15, 0.2) is 0 Å². The van der Waals surface area contributed by atoms with E-state index in [1.54, 1.807) is 0 Å². The van der Waals surface area contributed by atoms with E-state index < -0.39 is 5.60 Å². The molecular weight excluding hydrogens is 254 g/mol.